The van der Waals surface area contributed by atoms with E-state index in [9.17, 15) is 14.7 Å². The lowest BCUT2D eigenvalue weighted by atomic mass is 9.99. The van der Waals surface area contributed by atoms with Gasteiger partial charge in [0, 0.05) is 12.2 Å². The number of carboxylic acids is 1. The van der Waals surface area contributed by atoms with E-state index < -0.39 is 12.0 Å². The second-order valence-electron chi connectivity index (χ2n) is 6.37. The zero-order valence-electron chi connectivity index (χ0n) is 14.2. The summed E-state index contributed by atoms with van der Waals surface area (Å²) in [6, 6.07) is 15.1. The van der Waals surface area contributed by atoms with Crippen LogP contribution in [0, 0.1) is 6.92 Å². The topological polar surface area (TPSA) is 69.6 Å². The molecule has 1 amide bonds. The molecule has 1 atom stereocenters. The second-order valence-corrected chi connectivity index (χ2v) is 6.37. The largest absolute Gasteiger partial charge is 0.481 e. The Bertz CT molecular complexity index is 788. The molecule has 1 aliphatic rings. The highest BCUT2D eigenvalue weighted by molar-refractivity contribution is 5.83. The van der Waals surface area contributed by atoms with Gasteiger partial charge in [-0.15, -0.1) is 0 Å². The third kappa shape index (κ3) is 3.99. The predicted octanol–water partition coefficient (Wildman–Crippen LogP) is 2.69. The van der Waals surface area contributed by atoms with E-state index in [-0.39, 0.29) is 18.9 Å². The zero-order valence-corrected chi connectivity index (χ0v) is 14.2. The standard InChI is InChI=1S/C20H22N2O3/c1-14-6-2-4-8-16(14)17(12-20(24)25)21-19(23)13-22-11-10-15-7-3-5-9-18(15)22/h2-9,17H,10-13H2,1H3,(H,21,23)(H,24,25). The van der Waals surface area contributed by atoms with Crippen LogP contribution in [0.15, 0.2) is 48.5 Å². The molecule has 25 heavy (non-hydrogen) atoms. The lowest BCUT2D eigenvalue weighted by Gasteiger charge is -2.23. The molecule has 0 saturated heterocycles. The number of rotatable bonds is 6. The minimum Gasteiger partial charge on any atom is -0.481 e. The van der Waals surface area contributed by atoms with Gasteiger partial charge < -0.3 is 15.3 Å². The molecule has 0 radical (unpaired) electrons. The first-order chi connectivity index (χ1) is 12.0. The number of hydrogen-bond donors (Lipinski definition) is 2. The van der Waals surface area contributed by atoms with Crippen LogP contribution < -0.4 is 10.2 Å². The number of para-hydroxylation sites is 1. The molecule has 1 heterocycles. The average molecular weight is 338 g/mol. The predicted molar refractivity (Wildman–Crippen MR) is 96.7 cm³/mol. The Labute approximate surface area is 147 Å². The highest BCUT2D eigenvalue weighted by Crippen LogP contribution is 2.27. The summed E-state index contributed by atoms with van der Waals surface area (Å²) in [7, 11) is 0. The number of hydrogen-bond acceptors (Lipinski definition) is 3. The molecular formula is C20H22N2O3. The number of carboxylic acid groups (broad SMARTS) is 1. The van der Waals surface area contributed by atoms with Crippen molar-refractivity contribution in [2.45, 2.75) is 25.8 Å². The molecule has 2 aromatic carbocycles. The van der Waals surface area contributed by atoms with Gasteiger partial charge in [-0.2, -0.15) is 0 Å². The molecule has 0 saturated carbocycles. The molecule has 0 bridgehead atoms. The highest BCUT2D eigenvalue weighted by atomic mass is 16.4. The number of benzene rings is 2. The molecule has 2 aromatic rings. The van der Waals surface area contributed by atoms with Crippen molar-refractivity contribution in [1.82, 2.24) is 5.32 Å². The van der Waals surface area contributed by atoms with Crippen LogP contribution in [0.3, 0.4) is 0 Å². The Kier molecular flexibility index (Phi) is 5.03. The second kappa shape index (κ2) is 7.38. The Balaban J connectivity index is 1.71. The summed E-state index contributed by atoms with van der Waals surface area (Å²) in [5.41, 5.74) is 4.15. The summed E-state index contributed by atoms with van der Waals surface area (Å²) in [4.78, 5) is 25.8. The minimum absolute atomic E-state index is 0.132. The molecule has 0 aliphatic carbocycles. The molecule has 2 N–H and O–H groups in total. The van der Waals surface area contributed by atoms with E-state index in [4.69, 9.17) is 0 Å². The summed E-state index contributed by atoms with van der Waals surface area (Å²) in [6.45, 7) is 2.97. The summed E-state index contributed by atoms with van der Waals surface area (Å²) in [6.07, 6.45) is 0.799. The maximum atomic E-state index is 12.5. The van der Waals surface area contributed by atoms with E-state index in [1.807, 2.05) is 54.3 Å². The molecule has 1 aliphatic heterocycles. The fraction of sp³-hybridized carbons (Fsp3) is 0.300. The summed E-state index contributed by atoms with van der Waals surface area (Å²) in [5.74, 6) is -1.09. The molecular weight excluding hydrogens is 316 g/mol. The fourth-order valence-corrected chi connectivity index (χ4v) is 3.38. The smallest absolute Gasteiger partial charge is 0.305 e. The third-order valence-corrected chi connectivity index (χ3v) is 4.60. The molecule has 130 valence electrons. The van der Waals surface area contributed by atoms with E-state index in [0.29, 0.717) is 0 Å². The lowest BCUT2D eigenvalue weighted by Crippen LogP contribution is -2.39. The summed E-state index contributed by atoms with van der Waals surface area (Å²) < 4.78 is 0. The Morgan fingerprint density at radius 3 is 2.64 bits per heavy atom. The molecule has 3 rings (SSSR count). The van der Waals surface area contributed by atoms with Gasteiger partial charge in [-0.25, -0.2) is 0 Å². The Morgan fingerprint density at radius 2 is 1.88 bits per heavy atom. The third-order valence-electron chi connectivity index (χ3n) is 4.60. The minimum atomic E-state index is -0.930. The molecule has 1 unspecified atom stereocenters. The Hall–Kier alpha value is -2.82. The van der Waals surface area contributed by atoms with E-state index in [2.05, 4.69) is 11.4 Å². The van der Waals surface area contributed by atoms with Crippen molar-refractivity contribution in [2.75, 3.05) is 18.0 Å². The quantitative estimate of drug-likeness (QED) is 0.850. The van der Waals surface area contributed by atoms with Gasteiger partial charge in [0.05, 0.1) is 19.0 Å². The summed E-state index contributed by atoms with van der Waals surface area (Å²) in [5, 5.41) is 12.1. The van der Waals surface area contributed by atoms with Crippen LogP contribution in [0.2, 0.25) is 0 Å². The first kappa shape index (κ1) is 17.0. The Morgan fingerprint density at radius 1 is 1.16 bits per heavy atom. The van der Waals surface area contributed by atoms with Gasteiger partial charge in [-0.05, 0) is 36.1 Å². The number of anilines is 1. The van der Waals surface area contributed by atoms with Gasteiger partial charge in [0.25, 0.3) is 0 Å². The lowest BCUT2D eigenvalue weighted by molar-refractivity contribution is -0.137. The first-order valence-corrected chi connectivity index (χ1v) is 8.44. The van der Waals surface area contributed by atoms with Crippen LogP contribution >= 0.6 is 0 Å². The van der Waals surface area contributed by atoms with Crippen molar-refractivity contribution in [3.8, 4) is 0 Å². The number of nitrogens with one attached hydrogen (secondary N) is 1. The fourth-order valence-electron chi connectivity index (χ4n) is 3.38. The van der Waals surface area contributed by atoms with Crippen molar-refractivity contribution in [3.05, 3.63) is 65.2 Å². The van der Waals surface area contributed by atoms with Crippen LogP contribution in [0.5, 0.6) is 0 Å². The normalized spacial score (nSPS) is 14.0. The zero-order chi connectivity index (χ0) is 17.8. The maximum Gasteiger partial charge on any atom is 0.305 e. The molecule has 0 fully saturated rings. The van der Waals surface area contributed by atoms with Crippen LogP contribution in [0.25, 0.3) is 0 Å². The van der Waals surface area contributed by atoms with E-state index in [1.54, 1.807) is 0 Å². The number of nitrogens with zero attached hydrogens (tertiary/aromatic N) is 1. The van der Waals surface area contributed by atoms with E-state index in [0.717, 1.165) is 29.8 Å². The van der Waals surface area contributed by atoms with Crippen molar-refractivity contribution in [2.24, 2.45) is 0 Å². The number of amides is 1. The van der Waals surface area contributed by atoms with E-state index >= 15 is 0 Å². The van der Waals surface area contributed by atoms with Crippen LogP contribution in [0.4, 0.5) is 5.69 Å². The van der Waals surface area contributed by atoms with Gasteiger partial charge in [-0.1, -0.05) is 42.5 Å². The van der Waals surface area contributed by atoms with Crippen molar-refractivity contribution >= 4 is 17.6 Å². The maximum absolute atomic E-state index is 12.5. The monoisotopic (exact) mass is 338 g/mol. The van der Waals surface area contributed by atoms with Crippen LogP contribution in [-0.4, -0.2) is 30.1 Å². The van der Waals surface area contributed by atoms with Gasteiger partial charge in [0.2, 0.25) is 5.91 Å². The SMILES string of the molecule is Cc1ccccc1C(CC(=O)O)NC(=O)CN1CCc2ccccc21. The van der Waals surface area contributed by atoms with Crippen LogP contribution in [0.1, 0.15) is 29.2 Å². The highest BCUT2D eigenvalue weighted by Gasteiger charge is 2.24. The van der Waals surface area contributed by atoms with Crippen LogP contribution in [-0.2, 0) is 16.0 Å². The number of fused-ring (bicyclic) bond motifs is 1. The molecule has 0 aromatic heterocycles. The number of carbonyl (C=O) groups is 2. The number of aliphatic carboxylic acids is 1. The number of carbonyl (C=O) groups excluding carboxylic acids is 1. The van der Waals surface area contributed by atoms with Crippen molar-refractivity contribution in [3.63, 3.8) is 0 Å². The molecule has 5 heteroatoms. The summed E-state index contributed by atoms with van der Waals surface area (Å²) >= 11 is 0. The van der Waals surface area contributed by atoms with Gasteiger partial charge in [0.15, 0.2) is 0 Å². The number of aryl methyl sites for hydroxylation is 1. The molecule has 5 nitrogen and oxygen atoms in total. The van der Waals surface area contributed by atoms with Crippen molar-refractivity contribution in [1.29, 1.82) is 0 Å². The molecule has 0 spiro atoms. The van der Waals surface area contributed by atoms with Gasteiger partial charge in [-0.3, -0.25) is 9.59 Å². The van der Waals surface area contributed by atoms with Crippen molar-refractivity contribution < 1.29 is 14.7 Å². The van der Waals surface area contributed by atoms with Gasteiger partial charge in [0.1, 0.15) is 0 Å². The van der Waals surface area contributed by atoms with E-state index in [1.165, 1.54) is 5.56 Å². The average Bonchev–Trinajstić information content (AvgIpc) is 2.97. The first-order valence-electron chi connectivity index (χ1n) is 8.44. The van der Waals surface area contributed by atoms with Gasteiger partial charge >= 0.3 is 5.97 Å².